The molecule has 0 radical (unpaired) electrons. The summed E-state index contributed by atoms with van der Waals surface area (Å²) >= 11 is 3.38. The van der Waals surface area contributed by atoms with E-state index in [4.69, 9.17) is 9.15 Å². The number of Topliss-reactive ketones (excluding diaryl/α,β-unsaturated/α-hetero) is 1. The van der Waals surface area contributed by atoms with Crippen LogP contribution in [0.15, 0.2) is 51.4 Å². The summed E-state index contributed by atoms with van der Waals surface area (Å²) < 4.78 is 11.5. The number of ketones is 1. The van der Waals surface area contributed by atoms with Crippen LogP contribution in [0, 0.1) is 0 Å². The van der Waals surface area contributed by atoms with Gasteiger partial charge in [0.15, 0.2) is 11.4 Å². The smallest absolute Gasteiger partial charge is 0.203 e. The van der Waals surface area contributed by atoms with Crippen LogP contribution in [0.5, 0.6) is 5.75 Å². The highest BCUT2D eigenvalue weighted by atomic mass is 79.9. The van der Waals surface area contributed by atoms with Gasteiger partial charge in [0.25, 0.3) is 0 Å². The van der Waals surface area contributed by atoms with Gasteiger partial charge in [0.2, 0.25) is 5.89 Å². The molecule has 0 fully saturated rings. The molecular formula is C16H12BrNO3. The first-order valence-electron chi connectivity index (χ1n) is 6.38. The van der Waals surface area contributed by atoms with Gasteiger partial charge in [-0.15, -0.1) is 0 Å². The lowest BCUT2D eigenvalue weighted by atomic mass is 10.1. The lowest BCUT2D eigenvalue weighted by molar-refractivity contribution is 0.0985. The molecule has 1 heterocycles. The standard InChI is InChI=1S/C16H12BrNO3/c1-20-10-6-7-12(17)11(8-10)14(19)9-16-18-13-4-2-3-5-15(13)21-16/h2-8H,9H2,1H3. The molecule has 0 aliphatic rings. The summed E-state index contributed by atoms with van der Waals surface area (Å²) in [5.74, 6) is 0.974. The Morgan fingerprint density at radius 3 is 2.86 bits per heavy atom. The van der Waals surface area contributed by atoms with Gasteiger partial charge in [-0.2, -0.15) is 0 Å². The fourth-order valence-electron chi connectivity index (χ4n) is 2.07. The van der Waals surface area contributed by atoms with E-state index >= 15 is 0 Å². The Hall–Kier alpha value is -2.14. The molecule has 21 heavy (non-hydrogen) atoms. The van der Waals surface area contributed by atoms with E-state index in [1.54, 1.807) is 25.3 Å². The molecule has 0 aliphatic heterocycles. The van der Waals surface area contributed by atoms with Crippen molar-refractivity contribution in [3.05, 3.63) is 58.4 Å². The van der Waals surface area contributed by atoms with E-state index in [2.05, 4.69) is 20.9 Å². The Kier molecular flexibility index (Phi) is 3.75. The summed E-state index contributed by atoms with van der Waals surface area (Å²) in [7, 11) is 1.57. The number of carbonyl (C=O) groups is 1. The molecule has 2 aromatic carbocycles. The Balaban J connectivity index is 1.89. The zero-order valence-corrected chi connectivity index (χ0v) is 12.9. The number of hydrogen-bond acceptors (Lipinski definition) is 4. The van der Waals surface area contributed by atoms with Crippen LogP contribution < -0.4 is 4.74 Å². The maximum absolute atomic E-state index is 12.4. The van der Waals surface area contributed by atoms with Crippen LogP contribution in [0.3, 0.4) is 0 Å². The van der Waals surface area contributed by atoms with Crippen molar-refractivity contribution in [2.24, 2.45) is 0 Å². The van der Waals surface area contributed by atoms with Gasteiger partial charge in [0.1, 0.15) is 11.3 Å². The SMILES string of the molecule is COc1ccc(Br)c(C(=O)Cc2nc3ccccc3o2)c1. The number of hydrogen-bond donors (Lipinski definition) is 0. The number of fused-ring (bicyclic) bond motifs is 1. The average molecular weight is 346 g/mol. The minimum Gasteiger partial charge on any atom is -0.497 e. The van der Waals surface area contributed by atoms with Crippen molar-refractivity contribution in [1.82, 2.24) is 4.98 Å². The first-order valence-corrected chi connectivity index (χ1v) is 7.18. The Labute approximate surface area is 129 Å². The molecule has 0 bridgehead atoms. The summed E-state index contributed by atoms with van der Waals surface area (Å²) in [4.78, 5) is 16.7. The fourth-order valence-corrected chi connectivity index (χ4v) is 2.54. The lowest BCUT2D eigenvalue weighted by Crippen LogP contribution is -2.05. The van der Waals surface area contributed by atoms with Crippen molar-refractivity contribution in [3.8, 4) is 5.75 Å². The second-order valence-electron chi connectivity index (χ2n) is 4.52. The number of rotatable bonds is 4. The lowest BCUT2D eigenvalue weighted by Gasteiger charge is -2.05. The third-order valence-electron chi connectivity index (χ3n) is 3.12. The number of benzene rings is 2. The molecule has 0 N–H and O–H groups in total. The highest BCUT2D eigenvalue weighted by molar-refractivity contribution is 9.10. The summed E-state index contributed by atoms with van der Waals surface area (Å²) in [6.45, 7) is 0. The monoisotopic (exact) mass is 345 g/mol. The van der Waals surface area contributed by atoms with E-state index in [9.17, 15) is 4.79 Å². The topological polar surface area (TPSA) is 52.3 Å². The number of carbonyl (C=O) groups excluding carboxylic acids is 1. The quantitative estimate of drug-likeness (QED) is 0.670. The van der Waals surface area contributed by atoms with Crippen LogP contribution >= 0.6 is 15.9 Å². The third kappa shape index (κ3) is 2.83. The molecule has 0 saturated carbocycles. The van der Waals surface area contributed by atoms with Crippen LogP contribution in [0.4, 0.5) is 0 Å². The molecule has 3 rings (SSSR count). The first-order chi connectivity index (χ1) is 10.2. The van der Waals surface area contributed by atoms with Crippen LogP contribution in [0.2, 0.25) is 0 Å². The highest BCUT2D eigenvalue weighted by Gasteiger charge is 2.15. The highest BCUT2D eigenvalue weighted by Crippen LogP contribution is 2.24. The van der Waals surface area contributed by atoms with E-state index in [-0.39, 0.29) is 12.2 Å². The first kappa shape index (κ1) is 13.8. The van der Waals surface area contributed by atoms with E-state index in [1.807, 2.05) is 24.3 Å². The number of para-hydroxylation sites is 2. The minimum atomic E-state index is -0.0765. The predicted octanol–water partition coefficient (Wildman–Crippen LogP) is 4.02. The van der Waals surface area contributed by atoms with Crippen molar-refractivity contribution < 1.29 is 13.9 Å². The van der Waals surface area contributed by atoms with Gasteiger partial charge in [0, 0.05) is 10.0 Å². The maximum Gasteiger partial charge on any atom is 0.203 e. The van der Waals surface area contributed by atoms with Crippen molar-refractivity contribution >= 4 is 32.8 Å². The molecule has 106 valence electrons. The zero-order chi connectivity index (χ0) is 14.8. The minimum absolute atomic E-state index is 0.0765. The van der Waals surface area contributed by atoms with Crippen LogP contribution in [0.25, 0.3) is 11.1 Å². The van der Waals surface area contributed by atoms with E-state index < -0.39 is 0 Å². The zero-order valence-electron chi connectivity index (χ0n) is 11.3. The summed E-state index contributed by atoms with van der Waals surface area (Å²) in [6, 6.07) is 12.7. The molecular weight excluding hydrogens is 334 g/mol. The number of nitrogens with zero attached hydrogens (tertiary/aromatic N) is 1. The summed E-state index contributed by atoms with van der Waals surface area (Å²) in [5, 5.41) is 0. The fraction of sp³-hybridized carbons (Fsp3) is 0.125. The van der Waals surface area contributed by atoms with E-state index in [1.165, 1.54) is 0 Å². The molecule has 0 spiro atoms. The Bertz CT molecular complexity index is 777. The Morgan fingerprint density at radius 2 is 2.10 bits per heavy atom. The van der Waals surface area contributed by atoms with Gasteiger partial charge in [-0.3, -0.25) is 4.79 Å². The maximum atomic E-state index is 12.4. The third-order valence-corrected chi connectivity index (χ3v) is 3.82. The normalized spacial score (nSPS) is 10.8. The average Bonchev–Trinajstić information content (AvgIpc) is 2.89. The summed E-state index contributed by atoms with van der Waals surface area (Å²) in [5.41, 5.74) is 1.99. The van der Waals surface area contributed by atoms with Crippen LogP contribution in [-0.4, -0.2) is 17.9 Å². The molecule has 0 amide bonds. The molecule has 5 heteroatoms. The molecule has 3 aromatic rings. The van der Waals surface area contributed by atoms with Gasteiger partial charge in [0.05, 0.1) is 13.5 Å². The molecule has 0 aliphatic carbocycles. The number of methoxy groups -OCH3 is 1. The molecule has 0 atom stereocenters. The number of ether oxygens (including phenoxy) is 1. The van der Waals surface area contributed by atoms with Gasteiger partial charge in [-0.1, -0.05) is 28.1 Å². The van der Waals surface area contributed by atoms with Gasteiger partial charge in [-0.25, -0.2) is 4.98 Å². The van der Waals surface area contributed by atoms with Crippen molar-refractivity contribution in [2.75, 3.05) is 7.11 Å². The van der Waals surface area contributed by atoms with Crippen molar-refractivity contribution in [2.45, 2.75) is 6.42 Å². The molecule has 1 aromatic heterocycles. The number of aromatic nitrogens is 1. The number of oxazole rings is 1. The van der Waals surface area contributed by atoms with Gasteiger partial charge in [-0.05, 0) is 30.3 Å². The predicted molar refractivity (Wildman–Crippen MR) is 82.7 cm³/mol. The van der Waals surface area contributed by atoms with Gasteiger partial charge >= 0.3 is 0 Å². The number of halogens is 1. The molecule has 0 unspecified atom stereocenters. The van der Waals surface area contributed by atoms with Crippen LogP contribution in [0.1, 0.15) is 16.2 Å². The Morgan fingerprint density at radius 1 is 1.29 bits per heavy atom. The van der Waals surface area contributed by atoms with Crippen LogP contribution in [-0.2, 0) is 6.42 Å². The molecule has 4 nitrogen and oxygen atoms in total. The van der Waals surface area contributed by atoms with E-state index in [0.717, 1.165) is 9.99 Å². The summed E-state index contributed by atoms with van der Waals surface area (Å²) in [6.07, 6.45) is 0.112. The van der Waals surface area contributed by atoms with E-state index in [0.29, 0.717) is 22.8 Å². The second-order valence-corrected chi connectivity index (χ2v) is 5.38. The molecule has 0 saturated heterocycles. The van der Waals surface area contributed by atoms with Gasteiger partial charge < -0.3 is 9.15 Å². The largest absolute Gasteiger partial charge is 0.497 e. The van der Waals surface area contributed by atoms with Crippen molar-refractivity contribution in [3.63, 3.8) is 0 Å². The van der Waals surface area contributed by atoms with Crippen molar-refractivity contribution in [1.29, 1.82) is 0 Å². The second kappa shape index (κ2) is 5.69.